The second kappa shape index (κ2) is 3.89. The van der Waals surface area contributed by atoms with Crippen LogP contribution in [0.3, 0.4) is 0 Å². The third-order valence-corrected chi connectivity index (χ3v) is 4.29. The Hall–Kier alpha value is 0.0300. The van der Waals surface area contributed by atoms with Gasteiger partial charge in [-0.25, -0.2) is 8.42 Å². The van der Waals surface area contributed by atoms with E-state index in [9.17, 15) is 21.6 Å². The lowest BCUT2D eigenvalue weighted by Gasteiger charge is -2.22. The highest BCUT2D eigenvalue weighted by molar-refractivity contribution is 8.14. The highest BCUT2D eigenvalue weighted by Gasteiger charge is 2.52. The molecule has 0 amide bonds. The zero-order valence-corrected chi connectivity index (χ0v) is 8.79. The predicted octanol–water partition coefficient (Wildman–Crippen LogP) is 2.68. The number of hydrogen-bond donors (Lipinski definition) is 0. The summed E-state index contributed by atoms with van der Waals surface area (Å²) in [5, 5.41) is -2.39. The predicted molar refractivity (Wildman–Crippen MR) is 46.6 cm³/mol. The molecule has 0 aliphatic heterocycles. The van der Waals surface area contributed by atoms with E-state index in [0.717, 1.165) is 0 Å². The van der Waals surface area contributed by atoms with Crippen LogP contribution in [-0.2, 0) is 9.05 Å². The number of halogens is 4. The van der Waals surface area contributed by atoms with Crippen molar-refractivity contribution in [2.45, 2.75) is 37.1 Å². The maximum Gasteiger partial charge on any atom is 0.407 e. The van der Waals surface area contributed by atoms with Crippen molar-refractivity contribution >= 4 is 19.7 Å². The number of rotatable bonds is 2. The quantitative estimate of drug-likeness (QED) is 0.706. The molecular formula is C7H10ClF3O2S. The molecule has 1 saturated carbocycles. The van der Waals surface area contributed by atoms with E-state index in [2.05, 4.69) is 0 Å². The van der Waals surface area contributed by atoms with E-state index in [1.807, 2.05) is 0 Å². The third kappa shape index (κ3) is 2.76. The molecule has 0 spiro atoms. The van der Waals surface area contributed by atoms with Crippen molar-refractivity contribution in [1.29, 1.82) is 0 Å². The van der Waals surface area contributed by atoms with Gasteiger partial charge in [0.05, 0.1) is 0 Å². The van der Waals surface area contributed by atoms with Crippen LogP contribution in [0.25, 0.3) is 0 Å². The van der Waals surface area contributed by atoms with Crippen molar-refractivity contribution < 1.29 is 21.6 Å². The molecular weight excluding hydrogens is 241 g/mol. The highest BCUT2D eigenvalue weighted by atomic mass is 35.7. The van der Waals surface area contributed by atoms with Crippen LogP contribution >= 0.6 is 10.7 Å². The van der Waals surface area contributed by atoms with Crippen LogP contribution in [0.2, 0.25) is 0 Å². The first-order valence-electron chi connectivity index (χ1n) is 4.23. The van der Waals surface area contributed by atoms with Crippen molar-refractivity contribution in [1.82, 2.24) is 0 Å². The van der Waals surface area contributed by atoms with Crippen LogP contribution in [0.15, 0.2) is 0 Å². The van der Waals surface area contributed by atoms with Gasteiger partial charge in [0.1, 0.15) is 0 Å². The second-order valence-corrected chi connectivity index (χ2v) is 6.23. The van der Waals surface area contributed by atoms with Crippen molar-refractivity contribution in [3.63, 3.8) is 0 Å². The Labute approximate surface area is 84.9 Å². The normalized spacial score (nSPS) is 22.6. The van der Waals surface area contributed by atoms with E-state index in [-0.39, 0.29) is 12.8 Å². The van der Waals surface area contributed by atoms with Gasteiger partial charge < -0.3 is 0 Å². The van der Waals surface area contributed by atoms with Gasteiger partial charge in [0.25, 0.3) is 0 Å². The molecule has 0 aromatic rings. The highest BCUT2D eigenvalue weighted by Crippen LogP contribution is 2.40. The lowest BCUT2D eigenvalue weighted by Crippen LogP contribution is -2.39. The molecule has 14 heavy (non-hydrogen) atoms. The molecule has 2 nitrogen and oxygen atoms in total. The van der Waals surface area contributed by atoms with Crippen molar-refractivity contribution in [2.75, 3.05) is 0 Å². The Kier molecular flexibility index (Phi) is 3.36. The Balaban J connectivity index is 2.93. The smallest absolute Gasteiger partial charge is 0.212 e. The summed E-state index contributed by atoms with van der Waals surface area (Å²) < 4.78 is 58.8. The van der Waals surface area contributed by atoms with Gasteiger partial charge >= 0.3 is 6.18 Å². The minimum atomic E-state index is -4.75. The summed E-state index contributed by atoms with van der Waals surface area (Å²) in [4.78, 5) is 0. The third-order valence-electron chi connectivity index (χ3n) is 2.45. The molecule has 7 heteroatoms. The van der Waals surface area contributed by atoms with Crippen LogP contribution in [0.1, 0.15) is 25.7 Å². The first kappa shape index (κ1) is 12.1. The van der Waals surface area contributed by atoms with E-state index in [1.165, 1.54) is 0 Å². The van der Waals surface area contributed by atoms with Crippen molar-refractivity contribution in [2.24, 2.45) is 5.92 Å². The molecule has 1 aliphatic carbocycles. The van der Waals surface area contributed by atoms with Gasteiger partial charge in [0, 0.05) is 10.7 Å². The Morgan fingerprint density at radius 1 is 1.21 bits per heavy atom. The fourth-order valence-corrected chi connectivity index (χ4v) is 3.71. The van der Waals surface area contributed by atoms with Gasteiger partial charge in [-0.05, 0) is 18.8 Å². The molecule has 0 aromatic carbocycles. The summed E-state index contributed by atoms with van der Waals surface area (Å²) >= 11 is 0. The average Bonchev–Trinajstić information content (AvgIpc) is 2.31. The van der Waals surface area contributed by atoms with E-state index in [1.54, 1.807) is 0 Å². The fraction of sp³-hybridized carbons (Fsp3) is 1.00. The summed E-state index contributed by atoms with van der Waals surface area (Å²) in [6.07, 6.45) is -2.89. The van der Waals surface area contributed by atoms with Gasteiger partial charge in [-0.1, -0.05) is 12.8 Å². The number of alkyl halides is 3. The summed E-state index contributed by atoms with van der Waals surface area (Å²) in [6, 6.07) is 0. The first-order chi connectivity index (χ1) is 6.23. The molecule has 0 radical (unpaired) electrons. The molecule has 0 N–H and O–H groups in total. The molecule has 1 fully saturated rings. The van der Waals surface area contributed by atoms with E-state index in [0.29, 0.717) is 12.8 Å². The lowest BCUT2D eigenvalue weighted by atomic mass is 10.0. The van der Waals surface area contributed by atoms with Crippen LogP contribution < -0.4 is 0 Å². The molecule has 1 atom stereocenters. The van der Waals surface area contributed by atoms with Gasteiger partial charge in [-0.15, -0.1) is 0 Å². The summed E-state index contributed by atoms with van der Waals surface area (Å²) in [5.41, 5.74) is 0. The molecule has 1 rings (SSSR count). The maximum absolute atomic E-state index is 12.4. The van der Waals surface area contributed by atoms with Crippen LogP contribution in [0.5, 0.6) is 0 Å². The average molecular weight is 251 g/mol. The SMILES string of the molecule is O=S(=O)(Cl)C(C1CCCC1)C(F)(F)F. The second-order valence-electron chi connectivity index (χ2n) is 3.48. The molecule has 84 valence electrons. The standard InChI is InChI=1S/C7H10ClF3O2S/c8-14(12,13)6(7(9,10)11)5-3-1-2-4-5/h5-6H,1-4H2. The van der Waals surface area contributed by atoms with Gasteiger partial charge in [0.2, 0.25) is 9.05 Å². The van der Waals surface area contributed by atoms with E-state index >= 15 is 0 Å². The Bertz CT molecular complexity index is 293. The molecule has 1 aliphatic rings. The molecule has 1 unspecified atom stereocenters. The Morgan fingerprint density at radius 3 is 1.93 bits per heavy atom. The summed E-state index contributed by atoms with van der Waals surface area (Å²) in [7, 11) is 0.257. The minimum absolute atomic E-state index is 0.288. The van der Waals surface area contributed by atoms with Crippen molar-refractivity contribution in [3.8, 4) is 0 Å². The first-order valence-corrected chi connectivity index (χ1v) is 6.60. The van der Waals surface area contributed by atoms with Crippen molar-refractivity contribution in [3.05, 3.63) is 0 Å². The molecule has 0 aromatic heterocycles. The lowest BCUT2D eigenvalue weighted by molar-refractivity contribution is -0.139. The molecule has 0 heterocycles. The van der Waals surface area contributed by atoms with Gasteiger partial charge in [-0.2, -0.15) is 13.2 Å². The monoisotopic (exact) mass is 250 g/mol. The largest absolute Gasteiger partial charge is 0.407 e. The van der Waals surface area contributed by atoms with Crippen LogP contribution in [0, 0.1) is 5.92 Å². The van der Waals surface area contributed by atoms with E-state index in [4.69, 9.17) is 10.7 Å². The van der Waals surface area contributed by atoms with Gasteiger partial charge in [-0.3, -0.25) is 0 Å². The van der Waals surface area contributed by atoms with Crippen LogP contribution in [0.4, 0.5) is 13.2 Å². The summed E-state index contributed by atoms with van der Waals surface area (Å²) in [5.74, 6) is -0.863. The number of hydrogen-bond acceptors (Lipinski definition) is 2. The zero-order valence-electron chi connectivity index (χ0n) is 7.22. The minimum Gasteiger partial charge on any atom is -0.212 e. The summed E-state index contributed by atoms with van der Waals surface area (Å²) in [6.45, 7) is 0. The molecule has 0 saturated heterocycles. The van der Waals surface area contributed by atoms with E-state index < -0.39 is 26.4 Å². The zero-order chi connectivity index (χ0) is 11.0. The fourth-order valence-electron chi connectivity index (χ4n) is 1.92. The topological polar surface area (TPSA) is 34.1 Å². The van der Waals surface area contributed by atoms with Crippen LogP contribution in [-0.4, -0.2) is 19.8 Å². The molecule has 0 bridgehead atoms. The van der Waals surface area contributed by atoms with Gasteiger partial charge in [0.15, 0.2) is 5.25 Å². The Morgan fingerprint density at radius 2 is 1.64 bits per heavy atom. The maximum atomic E-state index is 12.4.